The zero-order chi connectivity index (χ0) is 10.6. The van der Waals surface area contributed by atoms with Gasteiger partial charge < -0.3 is 30.6 Å². The first kappa shape index (κ1) is 19.1. The molecule has 2 aromatic heterocycles. The van der Waals surface area contributed by atoms with Crippen molar-refractivity contribution < 1.29 is 30.6 Å². The fourth-order valence-corrected chi connectivity index (χ4v) is 0.934. The molecule has 0 spiro atoms. The number of hydrogen-bond acceptors (Lipinski definition) is 3. The van der Waals surface area contributed by atoms with Crippen LogP contribution in [-0.4, -0.2) is 36.3 Å². The minimum Gasteiger partial charge on any atom is -1.00 e. The van der Waals surface area contributed by atoms with Crippen LogP contribution in [0.4, 0.5) is 0 Å². The van der Waals surface area contributed by atoms with Crippen molar-refractivity contribution in [2.24, 2.45) is 0 Å². The number of ether oxygens (including phenoxy) is 1. The van der Waals surface area contributed by atoms with Gasteiger partial charge in [0.15, 0.2) is 0 Å². The molecule has 5 heteroatoms. The minimum atomic E-state index is 0. The average molecular weight is 311 g/mol. The molecule has 1 saturated heterocycles. The minimum absolute atomic E-state index is 0. The zero-order valence-corrected chi connectivity index (χ0v) is 12.7. The summed E-state index contributed by atoms with van der Waals surface area (Å²) in [6, 6.07) is 7.15. The molecule has 0 aliphatic carbocycles. The molecule has 2 aromatic rings. The fraction of sp³-hybridized carbons (Fsp3) is 0.333. The van der Waals surface area contributed by atoms with E-state index >= 15 is 0 Å². The monoisotopic (exact) mass is 310 g/mol. The van der Waals surface area contributed by atoms with Crippen LogP contribution >= 0.6 is 0 Å². The van der Waals surface area contributed by atoms with Gasteiger partial charge in [0.2, 0.25) is 0 Å². The summed E-state index contributed by atoms with van der Waals surface area (Å²) in [5.41, 5.74) is 0. The summed E-state index contributed by atoms with van der Waals surface area (Å²) in [7, 11) is 0. The normalized spacial score (nSPS) is 11.8. The van der Waals surface area contributed by atoms with Crippen LogP contribution in [0, 0.1) is 6.26 Å². The molecule has 3 nitrogen and oxygen atoms in total. The van der Waals surface area contributed by atoms with Crippen molar-refractivity contribution in [3.8, 4) is 0 Å². The maximum absolute atomic E-state index is 4.94. The van der Waals surface area contributed by atoms with Gasteiger partial charge in [-0.1, -0.05) is 6.26 Å². The third kappa shape index (κ3) is 13.7. The first-order valence-corrected chi connectivity index (χ1v) is 4.94. The van der Waals surface area contributed by atoms with Crippen molar-refractivity contribution in [3.05, 3.63) is 49.3 Å². The van der Waals surface area contributed by atoms with E-state index < -0.39 is 0 Å². The van der Waals surface area contributed by atoms with Gasteiger partial charge in [-0.3, -0.25) is 0 Å². The van der Waals surface area contributed by atoms with Crippen molar-refractivity contribution in [1.29, 1.82) is 0 Å². The molecule has 0 bridgehead atoms. The summed E-state index contributed by atoms with van der Waals surface area (Å²) in [6.45, 7) is 2.00. The molecule has 1 aliphatic rings. The van der Waals surface area contributed by atoms with Gasteiger partial charge in [0, 0.05) is 13.2 Å². The van der Waals surface area contributed by atoms with Crippen LogP contribution < -0.4 is 17.0 Å². The molecule has 3 rings (SSSR count). The number of halogens is 1. The molecule has 0 saturated carbocycles. The van der Waals surface area contributed by atoms with E-state index in [-0.39, 0.29) is 40.0 Å². The second-order valence-electron chi connectivity index (χ2n) is 2.84. The summed E-state index contributed by atoms with van der Waals surface area (Å²) in [5.74, 6) is 0. The maximum Gasteiger partial charge on any atom is 2.00 e. The zero-order valence-electron chi connectivity index (χ0n) is 9.68. The summed E-state index contributed by atoms with van der Waals surface area (Å²) in [6.07, 6.45) is 9.86. The Hall–Kier alpha value is -0.234. The van der Waals surface area contributed by atoms with Gasteiger partial charge in [0.25, 0.3) is 0 Å². The third-order valence-electron chi connectivity index (χ3n) is 1.63. The number of furan rings is 2. The molecule has 0 unspecified atom stereocenters. The molecule has 0 atom stereocenters. The molecule has 1 fully saturated rings. The van der Waals surface area contributed by atoms with Crippen molar-refractivity contribution in [2.75, 3.05) is 13.2 Å². The summed E-state index contributed by atoms with van der Waals surface area (Å²) in [5, 5.41) is 0. The van der Waals surface area contributed by atoms with Crippen molar-refractivity contribution in [3.63, 3.8) is 0 Å². The van der Waals surface area contributed by atoms with E-state index in [2.05, 4.69) is 15.1 Å². The van der Waals surface area contributed by atoms with Gasteiger partial charge >= 0.3 is 23.1 Å². The van der Waals surface area contributed by atoms with Crippen LogP contribution in [0.2, 0.25) is 0 Å². The Morgan fingerprint density at radius 1 is 0.882 bits per heavy atom. The molecule has 0 amide bonds. The van der Waals surface area contributed by atoms with Gasteiger partial charge in [-0.15, -0.1) is 6.07 Å². The summed E-state index contributed by atoms with van der Waals surface area (Å²) in [4.78, 5) is 0. The Morgan fingerprint density at radius 2 is 1.53 bits per heavy atom. The fourth-order valence-electron chi connectivity index (χ4n) is 0.934. The van der Waals surface area contributed by atoms with Crippen LogP contribution in [0.25, 0.3) is 0 Å². The standard InChI is InChI=1S/C4H8O.C4H4O.C4H3O.BrH.Mg/c3*1-2-4-5-3-1;;/h1-4H2;1-4H;1-3H;1H;/q;;-1;;+2/p-1. The SMILES string of the molecule is C1CCOC1.[Br-].[Mg+2].[c-]1ccco1.c1ccoc1. The Kier molecular flexibility index (Phi) is 17.7. The topological polar surface area (TPSA) is 35.5 Å². The van der Waals surface area contributed by atoms with Crippen LogP contribution in [-0.2, 0) is 4.74 Å². The summed E-state index contributed by atoms with van der Waals surface area (Å²) < 4.78 is 14.0. The van der Waals surface area contributed by atoms with Crippen LogP contribution in [0.5, 0.6) is 0 Å². The van der Waals surface area contributed by atoms with Gasteiger partial charge in [-0.25, -0.2) is 0 Å². The predicted octanol–water partition coefficient (Wildman–Crippen LogP) is -0.221. The van der Waals surface area contributed by atoms with E-state index in [0.29, 0.717) is 0 Å². The van der Waals surface area contributed by atoms with Gasteiger partial charge in [-0.05, 0) is 31.2 Å². The second-order valence-corrected chi connectivity index (χ2v) is 2.84. The molecule has 90 valence electrons. The first-order chi connectivity index (χ1) is 7.50. The van der Waals surface area contributed by atoms with Crippen LogP contribution in [0.3, 0.4) is 0 Å². The molecule has 0 N–H and O–H groups in total. The maximum atomic E-state index is 4.94. The van der Waals surface area contributed by atoms with E-state index in [4.69, 9.17) is 4.74 Å². The quantitative estimate of drug-likeness (QED) is 0.498. The van der Waals surface area contributed by atoms with Gasteiger partial charge in [0.05, 0.1) is 12.5 Å². The third-order valence-corrected chi connectivity index (χ3v) is 1.63. The van der Waals surface area contributed by atoms with E-state index in [1.165, 1.54) is 12.8 Å². The smallest absolute Gasteiger partial charge is 1.00 e. The van der Waals surface area contributed by atoms with Gasteiger partial charge in [0.1, 0.15) is 0 Å². The first-order valence-electron chi connectivity index (χ1n) is 4.94. The summed E-state index contributed by atoms with van der Waals surface area (Å²) >= 11 is 0. The Balaban J connectivity index is 0. The Bertz CT molecular complexity index is 212. The van der Waals surface area contributed by atoms with Crippen molar-refractivity contribution in [2.45, 2.75) is 12.8 Å². The van der Waals surface area contributed by atoms with E-state index in [1.807, 2.05) is 12.1 Å². The second kappa shape index (κ2) is 15.8. The van der Waals surface area contributed by atoms with E-state index in [9.17, 15) is 0 Å². The molecular weight excluding hydrogens is 296 g/mol. The molecular formula is C12H15BrMgO3. The molecule has 17 heavy (non-hydrogen) atoms. The number of hydrogen-bond donors (Lipinski definition) is 0. The Labute approximate surface area is 128 Å². The van der Waals surface area contributed by atoms with E-state index in [1.54, 1.807) is 30.9 Å². The predicted molar refractivity (Wildman–Crippen MR) is 62.1 cm³/mol. The van der Waals surface area contributed by atoms with Crippen LogP contribution in [0.1, 0.15) is 12.8 Å². The van der Waals surface area contributed by atoms with E-state index in [0.717, 1.165) is 13.2 Å². The van der Waals surface area contributed by atoms with Crippen LogP contribution in [0.15, 0.2) is 51.9 Å². The van der Waals surface area contributed by atoms with Crippen molar-refractivity contribution >= 4 is 23.1 Å². The molecule has 0 aromatic carbocycles. The molecule has 3 heterocycles. The average Bonchev–Trinajstić information content (AvgIpc) is 3.09. The molecule has 1 aliphatic heterocycles. The van der Waals surface area contributed by atoms with Crippen molar-refractivity contribution in [1.82, 2.24) is 0 Å². The number of rotatable bonds is 0. The largest absolute Gasteiger partial charge is 2.00 e. The molecule has 0 radical (unpaired) electrons. The Morgan fingerprint density at radius 3 is 1.71 bits per heavy atom. The van der Waals surface area contributed by atoms with Gasteiger partial charge in [-0.2, -0.15) is 6.07 Å².